The molecule has 1 aromatic heterocycles. The van der Waals surface area contributed by atoms with Crippen molar-refractivity contribution in [2.45, 2.75) is 25.2 Å². The summed E-state index contributed by atoms with van der Waals surface area (Å²) in [7, 11) is 0. The third-order valence-corrected chi connectivity index (χ3v) is 4.95. The molecule has 4 rings (SSSR count). The molecule has 1 aromatic carbocycles. The van der Waals surface area contributed by atoms with Gasteiger partial charge in [-0.3, -0.25) is 5.10 Å². The number of nitrogens with zero attached hydrogens (tertiary/aromatic N) is 1. The largest absolute Gasteiger partial charge is 0.382 e. The van der Waals surface area contributed by atoms with Crippen molar-refractivity contribution in [1.82, 2.24) is 10.2 Å². The van der Waals surface area contributed by atoms with Gasteiger partial charge < -0.3 is 5.73 Å². The molecule has 2 aliphatic carbocycles. The number of aromatic nitrogens is 2. The van der Waals surface area contributed by atoms with Crippen molar-refractivity contribution in [3.63, 3.8) is 0 Å². The van der Waals surface area contributed by atoms with Gasteiger partial charge in [-0.05, 0) is 37.2 Å². The van der Waals surface area contributed by atoms with Gasteiger partial charge in [-0.1, -0.05) is 29.8 Å². The van der Waals surface area contributed by atoms with E-state index in [0.717, 1.165) is 28.0 Å². The normalized spacial score (nSPS) is 28.4. The van der Waals surface area contributed by atoms with E-state index in [0.29, 0.717) is 11.7 Å². The molecular formula is C15H16ClN3. The molecule has 2 unspecified atom stereocenters. The molecule has 2 fully saturated rings. The van der Waals surface area contributed by atoms with Gasteiger partial charge in [-0.15, -0.1) is 0 Å². The number of anilines is 1. The fourth-order valence-electron chi connectivity index (χ4n) is 3.56. The fraction of sp³-hybridized carbons (Fsp3) is 0.400. The van der Waals surface area contributed by atoms with Gasteiger partial charge in [0.25, 0.3) is 0 Å². The summed E-state index contributed by atoms with van der Waals surface area (Å²) >= 11 is 6.31. The van der Waals surface area contributed by atoms with Crippen molar-refractivity contribution in [1.29, 1.82) is 0 Å². The zero-order valence-corrected chi connectivity index (χ0v) is 11.3. The Morgan fingerprint density at radius 1 is 1.16 bits per heavy atom. The second-order valence-corrected chi connectivity index (χ2v) is 6.21. The average molecular weight is 274 g/mol. The molecule has 0 radical (unpaired) electrons. The van der Waals surface area contributed by atoms with E-state index < -0.39 is 0 Å². The predicted octanol–water partition coefficient (Wildman–Crippen LogP) is 3.83. The van der Waals surface area contributed by atoms with Crippen LogP contribution in [0, 0.1) is 11.8 Å². The van der Waals surface area contributed by atoms with E-state index in [1.807, 2.05) is 24.3 Å². The number of H-pyrrole nitrogens is 1. The predicted molar refractivity (Wildman–Crippen MR) is 77.0 cm³/mol. The highest BCUT2D eigenvalue weighted by molar-refractivity contribution is 6.33. The van der Waals surface area contributed by atoms with E-state index in [4.69, 9.17) is 17.3 Å². The number of nitrogen functional groups attached to an aromatic ring is 1. The maximum atomic E-state index is 6.31. The third kappa shape index (κ3) is 1.76. The Bertz CT molecular complexity index is 624. The standard InChI is InChI=1S/C15H16ClN3/c16-12-4-2-1-3-11(12)13-14(18-19-15(13)17)10-6-8-5-9(8)7-10/h1-4,8-10H,5-7H2,(H3,17,18,19). The number of halogens is 1. The molecule has 0 spiro atoms. The van der Waals surface area contributed by atoms with E-state index in [-0.39, 0.29) is 0 Å². The van der Waals surface area contributed by atoms with Crippen LogP contribution in [0.15, 0.2) is 24.3 Å². The first-order valence-electron chi connectivity index (χ1n) is 6.82. The summed E-state index contributed by atoms with van der Waals surface area (Å²) in [6.07, 6.45) is 3.95. The van der Waals surface area contributed by atoms with Gasteiger partial charge >= 0.3 is 0 Å². The minimum absolute atomic E-state index is 0.559. The average Bonchev–Trinajstić information content (AvgIpc) is 2.84. The molecule has 4 heteroatoms. The van der Waals surface area contributed by atoms with Gasteiger partial charge in [0, 0.05) is 27.8 Å². The molecular weight excluding hydrogens is 258 g/mol. The van der Waals surface area contributed by atoms with Crippen LogP contribution in [0.2, 0.25) is 5.02 Å². The summed E-state index contributed by atoms with van der Waals surface area (Å²) in [5.74, 6) is 3.01. The Morgan fingerprint density at radius 3 is 2.63 bits per heavy atom. The second kappa shape index (κ2) is 4.01. The van der Waals surface area contributed by atoms with Crippen LogP contribution in [0.1, 0.15) is 30.9 Å². The monoisotopic (exact) mass is 273 g/mol. The fourth-order valence-corrected chi connectivity index (χ4v) is 3.79. The maximum Gasteiger partial charge on any atom is 0.153 e. The first kappa shape index (κ1) is 11.4. The quantitative estimate of drug-likeness (QED) is 0.874. The van der Waals surface area contributed by atoms with Gasteiger partial charge in [0.05, 0.1) is 0 Å². The first-order valence-corrected chi connectivity index (χ1v) is 7.20. The molecule has 3 nitrogen and oxygen atoms in total. The Morgan fingerprint density at radius 2 is 1.89 bits per heavy atom. The number of fused-ring (bicyclic) bond motifs is 1. The minimum Gasteiger partial charge on any atom is -0.382 e. The van der Waals surface area contributed by atoms with Gasteiger partial charge in [0.1, 0.15) is 0 Å². The van der Waals surface area contributed by atoms with Crippen molar-refractivity contribution in [2.75, 3.05) is 5.73 Å². The number of benzene rings is 1. The summed E-state index contributed by atoms with van der Waals surface area (Å²) in [6.45, 7) is 0. The molecule has 0 amide bonds. The molecule has 19 heavy (non-hydrogen) atoms. The van der Waals surface area contributed by atoms with Gasteiger partial charge in [0.2, 0.25) is 0 Å². The minimum atomic E-state index is 0.559. The molecule has 0 saturated heterocycles. The molecule has 2 saturated carbocycles. The van der Waals surface area contributed by atoms with Gasteiger partial charge in [0.15, 0.2) is 5.82 Å². The highest BCUT2D eigenvalue weighted by Crippen LogP contribution is 2.58. The number of nitrogens with two attached hydrogens (primary N) is 1. The summed E-state index contributed by atoms with van der Waals surface area (Å²) in [5, 5.41) is 8.10. The van der Waals surface area contributed by atoms with Crippen LogP contribution in [0.5, 0.6) is 0 Å². The van der Waals surface area contributed by atoms with Crippen molar-refractivity contribution in [3.8, 4) is 11.1 Å². The Kier molecular flexibility index (Phi) is 2.39. The van der Waals surface area contributed by atoms with E-state index in [1.165, 1.54) is 25.0 Å². The topological polar surface area (TPSA) is 54.7 Å². The van der Waals surface area contributed by atoms with Crippen molar-refractivity contribution >= 4 is 17.4 Å². The summed E-state index contributed by atoms with van der Waals surface area (Å²) in [4.78, 5) is 0. The van der Waals surface area contributed by atoms with Crippen LogP contribution in [-0.2, 0) is 0 Å². The second-order valence-electron chi connectivity index (χ2n) is 5.80. The lowest BCUT2D eigenvalue weighted by Gasteiger charge is -2.13. The van der Waals surface area contributed by atoms with Crippen molar-refractivity contribution in [2.24, 2.45) is 11.8 Å². The Balaban J connectivity index is 1.79. The van der Waals surface area contributed by atoms with Crippen molar-refractivity contribution in [3.05, 3.63) is 35.0 Å². The Hall–Kier alpha value is -1.48. The van der Waals surface area contributed by atoms with Crippen LogP contribution in [0.3, 0.4) is 0 Å². The zero-order chi connectivity index (χ0) is 13.0. The molecule has 2 aromatic rings. The highest BCUT2D eigenvalue weighted by Gasteiger charge is 2.47. The number of nitrogens with one attached hydrogen (secondary N) is 1. The SMILES string of the molecule is Nc1n[nH]c(C2CC3CC3C2)c1-c1ccccc1Cl. The Labute approximate surface area is 117 Å². The van der Waals surface area contributed by atoms with E-state index in [1.54, 1.807) is 0 Å². The number of hydrogen-bond donors (Lipinski definition) is 2. The summed E-state index contributed by atoms with van der Waals surface area (Å²) in [5.41, 5.74) is 9.24. The van der Waals surface area contributed by atoms with Crippen LogP contribution in [0.25, 0.3) is 11.1 Å². The lowest BCUT2D eigenvalue weighted by atomic mass is 9.93. The highest BCUT2D eigenvalue weighted by atomic mass is 35.5. The number of rotatable bonds is 2. The maximum absolute atomic E-state index is 6.31. The lowest BCUT2D eigenvalue weighted by molar-refractivity contribution is 0.607. The summed E-state index contributed by atoms with van der Waals surface area (Å²) in [6, 6.07) is 7.85. The molecule has 2 atom stereocenters. The summed E-state index contributed by atoms with van der Waals surface area (Å²) < 4.78 is 0. The molecule has 1 heterocycles. The van der Waals surface area contributed by atoms with Crippen LogP contribution in [-0.4, -0.2) is 10.2 Å². The molecule has 3 N–H and O–H groups in total. The van der Waals surface area contributed by atoms with E-state index in [2.05, 4.69) is 10.2 Å². The first-order chi connectivity index (χ1) is 9.24. The number of hydrogen-bond acceptors (Lipinski definition) is 2. The van der Waals surface area contributed by atoms with Crippen LogP contribution < -0.4 is 5.73 Å². The van der Waals surface area contributed by atoms with Gasteiger partial charge in [-0.2, -0.15) is 5.10 Å². The van der Waals surface area contributed by atoms with Gasteiger partial charge in [-0.25, -0.2) is 0 Å². The molecule has 0 aliphatic heterocycles. The molecule has 98 valence electrons. The van der Waals surface area contributed by atoms with E-state index >= 15 is 0 Å². The smallest absolute Gasteiger partial charge is 0.153 e. The van der Waals surface area contributed by atoms with Crippen LogP contribution >= 0.6 is 11.6 Å². The zero-order valence-electron chi connectivity index (χ0n) is 10.6. The number of aromatic amines is 1. The van der Waals surface area contributed by atoms with E-state index in [9.17, 15) is 0 Å². The van der Waals surface area contributed by atoms with Crippen LogP contribution in [0.4, 0.5) is 5.82 Å². The molecule has 2 aliphatic rings. The molecule has 0 bridgehead atoms. The lowest BCUT2D eigenvalue weighted by Crippen LogP contribution is -1.99. The van der Waals surface area contributed by atoms with Crippen molar-refractivity contribution < 1.29 is 0 Å². The third-order valence-electron chi connectivity index (χ3n) is 4.62.